The second-order valence-corrected chi connectivity index (χ2v) is 7.03. The summed E-state index contributed by atoms with van der Waals surface area (Å²) in [6, 6.07) is 7.39. The van der Waals surface area contributed by atoms with Gasteiger partial charge in [0.15, 0.2) is 0 Å². The van der Waals surface area contributed by atoms with E-state index in [2.05, 4.69) is 19.9 Å². The Kier molecular flexibility index (Phi) is 4.65. The zero-order chi connectivity index (χ0) is 18.2. The molecule has 0 bridgehead atoms. The van der Waals surface area contributed by atoms with Crippen molar-refractivity contribution >= 4 is 5.57 Å². The summed E-state index contributed by atoms with van der Waals surface area (Å²) in [6.45, 7) is 3.85. The number of methoxy groups -OCH3 is 1. The Bertz CT molecular complexity index is 838. The van der Waals surface area contributed by atoms with Crippen molar-refractivity contribution in [2.75, 3.05) is 7.11 Å². The van der Waals surface area contributed by atoms with Gasteiger partial charge in [-0.3, -0.25) is 0 Å². The minimum atomic E-state index is -0.542. The number of allylic oxidation sites excluding steroid dienone is 2. The van der Waals surface area contributed by atoms with Crippen LogP contribution in [-0.2, 0) is 6.61 Å². The third-order valence-corrected chi connectivity index (χ3v) is 4.96. The van der Waals surface area contributed by atoms with Gasteiger partial charge in [0.25, 0.3) is 0 Å². The SMILES string of the molecule is COc1ccc(F)c(-c2cc(F)c(CO)cc2C2=CCCC2(C)C)c1. The molecule has 25 heavy (non-hydrogen) atoms. The average Bonchev–Trinajstić information content (AvgIpc) is 2.94. The molecule has 0 fully saturated rings. The number of hydrogen-bond donors (Lipinski definition) is 1. The summed E-state index contributed by atoms with van der Waals surface area (Å²) in [5, 5.41) is 9.46. The second-order valence-electron chi connectivity index (χ2n) is 7.03. The van der Waals surface area contributed by atoms with E-state index in [9.17, 15) is 13.9 Å². The monoisotopic (exact) mass is 344 g/mol. The number of benzene rings is 2. The van der Waals surface area contributed by atoms with Gasteiger partial charge in [-0.1, -0.05) is 19.9 Å². The van der Waals surface area contributed by atoms with E-state index in [1.54, 1.807) is 12.1 Å². The molecule has 0 spiro atoms. The van der Waals surface area contributed by atoms with Crippen LogP contribution in [-0.4, -0.2) is 12.2 Å². The summed E-state index contributed by atoms with van der Waals surface area (Å²) in [4.78, 5) is 0. The lowest BCUT2D eigenvalue weighted by Crippen LogP contribution is -2.11. The van der Waals surface area contributed by atoms with Gasteiger partial charge in [-0.2, -0.15) is 0 Å². The van der Waals surface area contributed by atoms with Gasteiger partial charge >= 0.3 is 0 Å². The van der Waals surface area contributed by atoms with Crippen LogP contribution in [0.15, 0.2) is 36.4 Å². The smallest absolute Gasteiger partial charge is 0.131 e. The Morgan fingerprint density at radius 2 is 1.80 bits per heavy atom. The molecule has 3 rings (SSSR count). The lowest BCUT2D eigenvalue weighted by Gasteiger charge is -2.25. The van der Waals surface area contributed by atoms with Crippen LogP contribution in [0.5, 0.6) is 5.75 Å². The number of aliphatic hydroxyl groups excluding tert-OH is 1. The average molecular weight is 344 g/mol. The van der Waals surface area contributed by atoms with Gasteiger partial charge in [-0.05, 0) is 65.3 Å². The van der Waals surface area contributed by atoms with Crippen molar-refractivity contribution in [1.82, 2.24) is 0 Å². The van der Waals surface area contributed by atoms with Gasteiger partial charge < -0.3 is 9.84 Å². The maximum Gasteiger partial charge on any atom is 0.131 e. The van der Waals surface area contributed by atoms with Crippen molar-refractivity contribution in [3.05, 3.63) is 59.2 Å². The van der Waals surface area contributed by atoms with Crippen LogP contribution in [0.3, 0.4) is 0 Å². The molecule has 0 aliphatic heterocycles. The first-order valence-electron chi connectivity index (χ1n) is 8.35. The first-order valence-corrected chi connectivity index (χ1v) is 8.35. The minimum Gasteiger partial charge on any atom is -0.497 e. The summed E-state index contributed by atoms with van der Waals surface area (Å²) >= 11 is 0. The van der Waals surface area contributed by atoms with Crippen LogP contribution >= 0.6 is 0 Å². The fourth-order valence-electron chi connectivity index (χ4n) is 3.49. The molecule has 0 saturated carbocycles. The fraction of sp³-hybridized carbons (Fsp3) is 0.333. The quantitative estimate of drug-likeness (QED) is 0.812. The molecule has 1 N–H and O–H groups in total. The molecule has 1 aliphatic rings. The van der Waals surface area contributed by atoms with Crippen molar-refractivity contribution in [2.45, 2.75) is 33.3 Å². The normalized spacial score (nSPS) is 16.0. The Balaban J connectivity index is 2.28. The molecule has 4 heteroatoms. The predicted octanol–water partition coefficient (Wildman–Crippen LogP) is 5.34. The van der Waals surface area contributed by atoms with E-state index < -0.39 is 18.2 Å². The maximum atomic E-state index is 14.5. The summed E-state index contributed by atoms with van der Waals surface area (Å²) in [6.07, 6.45) is 4.03. The van der Waals surface area contributed by atoms with Crippen LogP contribution in [0.25, 0.3) is 16.7 Å². The predicted molar refractivity (Wildman–Crippen MR) is 95.3 cm³/mol. The number of aliphatic hydroxyl groups is 1. The summed E-state index contributed by atoms with van der Waals surface area (Å²) in [7, 11) is 1.51. The Hall–Kier alpha value is -2.20. The number of ether oxygens (including phenoxy) is 1. The van der Waals surface area contributed by atoms with Crippen LogP contribution in [0, 0.1) is 17.0 Å². The summed E-state index contributed by atoms with van der Waals surface area (Å²) in [5.41, 5.74) is 2.72. The van der Waals surface area contributed by atoms with Gasteiger partial charge in [-0.15, -0.1) is 0 Å². The van der Waals surface area contributed by atoms with E-state index in [-0.39, 0.29) is 11.0 Å². The van der Waals surface area contributed by atoms with Gasteiger partial charge in [0.05, 0.1) is 13.7 Å². The van der Waals surface area contributed by atoms with E-state index in [1.165, 1.54) is 25.3 Å². The Morgan fingerprint density at radius 3 is 2.40 bits per heavy atom. The van der Waals surface area contributed by atoms with Crippen molar-refractivity contribution in [3.63, 3.8) is 0 Å². The highest BCUT2D eigenvalue weighted by Crippen LogP contribution is 2.47. The second kappa shape index (κ2) is 6.60. The van der Waals surface area contributed by atoms with Gasteiger partial charge in [0.2, 0.25) is 0 Å². The minimum absolute atomic E-state index is 0.0886. The van der Waals surface area contributed by atoms with E-state index in [0.29, 0.717) is 16.9 Å². The van der Waals surface area contributed by atoms with E-state index >= 15 is 0 Å². The zero-order valence-electron chi connectivity index (χ0n) is 14.7. The van der Waals surface area contributed by atoms with E-state index in [0.717, 1.165) is 24.0 Å². The molecule has 2 aromatic carbocycles. The van der Waals surface area contributed by atoms with Crippen molar-refractivity contribution in [3.8, 4) is 16.9 Å². The standard InChI is InChI=1S/C21H22F2O2/c1-21(2)8-4-5-18(21)16-9-13(12-24)20(23)11-15(16)17-10-14(25-3)6-7-19(17)22/h5-7,9-11,24H,4,8,12H2,1-3H3. The topological polar surface area (TPSA) is 29.5 Å². The third kappa shape index (κ3) is 3.19. The molecule has 2 nitrogen and oxygen atoms in total. The molecule has 0 amide bonds. The number of halogens is 2. The highest BCUT2D eigenvalue weighted by molar-refractivity contribution is 5.85. The lowest BCUT2D eigenvalue weighted by molar-refractivity contribution is 0.275. The lowest BCUT2D eigenvalue weighted by atomic mass is 9.79. The molecular weight excluding hydrogens is 322 g/mol. The molecular formula is C21H22F2O2. The first-order chi connectivity index (χ1) is 11.9. The molecule has 0 atom stereocenters. The van der Waals surface area contributed by atoms with Crippen molar-refractivity contribution in [2.24, 2.45) is 5.41 Å². The van der Waals surface area contributed by atoms with Gasteiger partial charge in [-0.25, -0.2) is 8.78 Å². The molecule has 2 aromatic rings. The van der Waals surface area contributed by atoms with Crippen molar-refractivity contribution in [1.29, 1.82) is 0 Å². The van der Waals surface area contributed by atoms with Crippen molar-refractivity contribution < 1.29 is 18.6 Å². The zero-order valence-corrected chi connectivity index (χ0v) is 14.7. The molecule has 132 valence electrons. The first kappa shape index (κ1) is 17.6. The largest absolute Gasteiger partial charge is 0.497 e. The Labute approximate surface area is 146 Å². The molecule has 0 saturated heterocycles. The number of hydrogen-bond acceptors (Lipinski definition) is 2. The third-order valence-electron chi connectivity index (χ3n) is 4.96. The summed E-state index contributed by atoms with van der Waals surface area (Å²) in [5.74, 6) is -0.469. The van der Waals surface area contributed by atoms with Crippen LogP contribution in [0.4, 0.5) is 8.78 Å². The van der Waals surface area contributed by atoms with Gasteiger partial charge in [0.1, 0.15) is 17.4 Å². The van der Waals surface area contributed by atoms with E-state index in [4.69, 9.17) is 4.74 Å². The van der Waals surface area contributed by atoms with Crippen LogP contribution in [0.2, 0.25) is 0 Å². The molecule has 0 aromatic heterocycles. The summed E-state index contributed by atoms with van der Waals surface area (Å²) < 4.78 is 34.1. The maximum absolute atomic E-state index is 14.5. The molecule has 0 radical (unpaired) electrons. The number of rotatable bonds is 4. The molecule has 0 heterocycles. The van der Waals surface area contributed by atoms with Crippen LogP contribution < -0.4 is 4.74 Å². The van der Waals surface area contributed by atoms with Gasteiger partial charge in [0, 0.05) is 11.1 Å². The molecule has 1 aliphatic carbocycles. The van der Waals surface area contributed by atoms with Crippen LogP contribution in [0.1, 0.15) is 37.8 Å². The fourth-order valence-corrected chi connectivity index (χ4v) is 3.49. The Morgan fingerprint density at radius 1 is 1.04 bits per heavy atom. The highest BCUT2D eigenvalue weighted by Gasteiger charge is 2.31. The molecule has 0 unspecified atom stereocenters. The highest BCUT2D eigenvalue weighted by atomic mass is 19.1. The van der Waals surface area contributed by atoms with E-state index in [1.807, 2.05) is 0 Å².